The molecule has 1 aliphatic rings. The fourth-order valence-corrected chi connectivity index (χ4v) is 3.06. The van der Waals surface area contributed by atoms with E-state index >= 15 is 0 Å². The van der Waals surface area contributed by atoms with Gasteiger partial charge in [-0.2, -0.15) is 5.10 Å². The van der Waals surface area contributed by atoms with Crippen LogP contribution in [0.1, 0.15) is 63.8 Å². The normalized spacial score (nSPS) is 18.8. The molecule has 0 saturated carbocycles. The second-order valence-corrected chi connectivity index (χ2v) is 6.96. The van der Waals surface area contributed by atoms with Crippen molar-refractivity contribution in [2.45, 2.75) is 72.0 Å². The van der Waals surface area contributed by atoms with Gasteiger partial charge in [0.25, 0.3) is 0 Å². The van der Waals surface area contributed by atoms with E-state index in [1.165, 1.54) is 18.4 Å². The van der Waals surface area contributed by atoms with Crippen molar-refractivity contribution in [2.24, 2.45) is 0 Å². The van der Waals surface area contributed by atoms with Gasteiger partial charge in [-0.25, -0.2) is 4.79 Å². The van der Waals surface area contributed by atoms with Crippen LogP contribution in [0.2, 0.25) is 0 Å². The summed E-state index contributed by atoms with van der Waals surface area (Å²) >= 11 is 0. The van der Waals surface area contributed by atoms with Gasteiger partial charge < -0.3 is 10.1 Å². The van der Waals surface area contributed by atoms with Crippen LogP contribution in [0.5, 0.6) is 0 Å². The van der Waals surface area contributed by atoms with Gasteiger partial charge in [0.2, 0.25) is 0 Å². The quantitative estimate of drug-likeness (QED) is 0.830. The summed E-state index contributed by atoms with van der Waals surface area (Å²) in [5.41, 5.74) is 2.36. The summed E-state index contributed by atoms with van der Waals surface area (Å²) in [6.07, 6.45) is 6.26. The van der Waals surface area contributed by atoms with Gasteiger partial charge in [0, 0.05) is 36.9 Å². The van der Waals surface area contributed by atoms with Crippen molar-refractivity contribution in [3.05, 3.63) is 17.5 Å². The van der Waals surface area contributed by atoms with Gasteiger partial charge in [-0.05, 0) is 46.6 Å². The first-order valence-corrected chi connectivity index (χ1v) is 9.20. The van der Waals surface area contributed by atoms with Crippen molar-refractivity contribution in [1.82, 2.24) is 20.0 Å². The first kappa shape index (κ1) is 18.8. The number of carbonyl (C=O) groups excluding carboxylic acids is 1. The highest BCUT2D eigenvalue weighted by Crippen LogP contribution is 2.21. The van der Waals surface area contributed by atoms with Crippen molar-refractivity contribution in [3.63, 3.8) is 0 Å². The predicted molar refractivity (Wildman–Crippen MR) is 95.0 cm³/mol. The molecule has 1 N–H and O–H groups in total. The average Bonchev–Trinajstić information content (AvgIpc) is 2.93. The van der Waals surface area contributed by atoms with Crippen LogP contribution in [0, 0.1) is 6.92 Å². The van der Waals surface area contributed by atoms with E-state index in [1.807, 2.05) is 11.6 Å². The van der Waals surface area contributed by atoms with Crippen LogP contribution in [0.4, 0.5) is 4.79 Å². The molecule has 0 spiro atoms. The Morgan fingerprint density at radius 1 is 1.46 bits per heavy atom. The summed E-state index contributed by atoms with van der Waals surface area (Å²) < 4.78 is 7.44. The number of hydrogen-bond acceptors (Lipinski definition) is 4. The highest BCUT2D eigenvalue weighted by atomic mass is 16.5. The molecular formula is C18H32N4O2. The fourth-order valence-electron chi connectivity index (χ4n) is 3.06. The fraction of sp³-hybridized carbons (Fsp3) is 0.778. The zero-order chi connectivity index (χ0) is 17.5. The largest absolute Gasteiger partial charge is 0.448 e. The molecule has 1 fully saturated rings. The molecule has 6 heteroatoms. The molecule has 2 rings (SSSR count). The Kier molecular flexibility index (Phi) is 7.09. The Morgan fingerprint density at radius 2 is 2.25 bits per heavy atom. The van der Waals surface area contributed by atoms with Gasteiger partial charge in [0.05, 0.1) is 5.69 Å². The lowest BCUT2D eigenvalue weighted by Gasteiger charge is -2.35. The zero-order valence-electron chi connectivity index (χ0n) is 15.5. The molecule has 0 unspecified atom stereocenters. The molecule has 2 heterocycles. The maximum absolute atomic E-state index is 11.7. The van der Waals surface area contributed by atoms with Crippen LogP contribution >= 0.6 is 0 Å². The van der Waals surface area contributed by atoms with Crippen molar-refractivity contribution in [1.29, 1.82) is 0 Å². The third-order valence-electron chi connectivity index (χ3n) is 4.60. The number of carbonyl (C=O) groups is 1. The van der Waals surface area contributed by atoms with Crippen LogP contribution < -0.4 is 5.32 Å². The van der Waals surface area contributed by atoms with Crippen LogP contribution in [-0.4, -0.2) is 46.5 Å². The summed E-state index contributed by atoms with van der Waals surface area (Å²) in [4.78, 5) is 14.1. The molecule has 1 aromatic heterocycles. The number of rotatable bonds is 7. The number of amides is 1. The molecule has 0 aliphatic carbocycles. The lowest BCUT2D eigenvalue weighted by atomic mass is 10.0. The maximum atomic E-state index is 11.7. The maximum Gasteiger partial charge on any atom is 0.407 e. The Morgan fingerprint density at radius 3 is 2.92 bits per heavy atom. The van der Waals surface area contributed by atoms with Crippen molar-refractivity contribution >= 4 is 6.09 Å². The van der Waals surface area contributed by atoms with Crippen LogP contribution in [0.15, 0.2) is 6.20 Å². The highest BCUT2D eigenvalue weighted by molar-refractivity contribution is 5.67. The summed E-state index contributed by atoms with van der Waals surface area (Å²) in [7, 11) is 0. The second-order valence-electron chi connectivity index (χ2n) is 6.96. The van der Waals surface area contributed by atoms with Crippen molar-refractivity contribution < 1.29 is 9.53 Å². The standard InChI is InChI=1S/C18H32N4O2/c1-5-9-19-18(23)24-13-17-8-6-7-10-21(17)11-16-12-22(14(2)3)20-15(16)4/h12,14,17H,5-11,13H2,1-4H3,(H,19,23)/t17-/m1/s1. The molecule has 136 valence electrons. The molecule has 1 atom stereocenters. The van der Waals surface area contributed by atoms with Gasteiger partial charge in [0.1, 0.15) is 6.61 Å². The van der Waals surface area contributed by atoms with E-state index < -0.39 is 0 Å². The summed E-state index contributed by atoms with van der Waals surface area (Å²) in [6.45, 7) is 11.4. The van der Waals surface area contributed by atoms with Crippen LogP contribution in [0.3, 0.4) is 0 Å². The molecule has 1 saturated heterocycles. The molecule has 1 aromatic rings. The Labute approximate surface area is 145 Å². The Balaban J connectivity index is 1.93. The SMILES string of the molecule is CCCNC(=O)OC[C@H]1CCCCN1Cc1cn(C(C)C)nc1C. The number of hydrogen-bond donors (Lipinski definition) is 1. The molecular weight excluding hydrogens is 304 g/mol. The smallest absolute Gasteiger partial charge is 0.407 e. The topological polar surface area (TPSA) is 59.4 Å². The minimum Gasteiger partial charge on any atom is -0.448 e. The van der Waals surface area contributed by atoms with E-state index in [0.717, 1.165) is 31.6 Å². The van der Waals surface area contributed by atoms with E-state index in [0.29, 0.717) is 25.2 Å². The van der Waals surface area contributed by atoms with Gasteiger partial charge in [-0.1, -0.05) is 13.3 Å². The monoisotopic (exact) mass is 336 g/mol. The molecule has 1 aliphatic heterocycles. The second kappa shape index (κ2) is 9.06. The van der Waals surface area contributed by atoms with Crippen LogP contribution in [0.25, 0.3) is 0 Å². The van der Waals surface area contributed by atoms with Crippen molar-refractivity contribution in [3.8, 4) is 0 Å². The zero-order valence-corrected chi connectivity index (χ0v) is 15.5. The number of ether oxygens (including phenoxy) is 1. The Hall–Kier alpha value is -1.56. The molecule has 6 nitrogen and oxygen atoms in total. The van der Waals surface area contributed by atoms with E-state index in [-0.39, 0.29) is 6.09 Å². The van der Waals surface area contributed by atoms with Gasteiger partial charge in [-0.3, -0.25) is 9.58 Å². The lowest BCUT2D eigenvalue weighted by molar-refractivity contribution is 0.0639. The van der Waals surface area contributed by atoms with Crippen LogP contribution in [-0.2, 0) is 11.3 Å². The Bertz CT molecular complexity index is 527. The number of aryl methyl sites for hydroxylation is 1. The first-order chi connectivity index (χ1) is 11.5. The van der Waals surface area contributed by atoms with E-state index in [2.05, 4.69) is 42.3 Å². The van der Waals surface area contributed by atoms with Gasteiger partial charge >= 0.3 is 6.09 Å². The third-order valence-corrected chi connectivity index (χ3v) is 4.60. The van der Waals surface area contributed by atoms with E-state index in [4.69, 9.17) is 4.74 Å². The number of piperidine rings is 1. The first-order valence-electron chi connectivity index (χ1n) is 9.20. The number of likely N-dealkylation sites (tertiary alicyclic amines) is 1. The van der Waals surface area contributed by atoms with E-state index in [9.17, 15) is 4.79 Å². The van der Waals surface area contributed by atoms with Gasteiger partial charge in [-0.15, -0.1) is 0 Å². The minimum absolute atomic E-state index is 0.299. The number of aromatic nitrogens is 2. The third kappa shape index (κ3) is 5.23. The molecule has 0 radical (unpaired) electrons. The molecule has 0 bridgehead atoms. The highest BCUT2D eigenvalue weighted by Gasteiger charge is 2.25. The van der Waals surface area contributed by atoms with E-state index in [1.54, 1.807) is 0 Å². The number of alkyl carbamates (subject to hydrolysis) is 1. The van der Waals surface area contributed by atoms with Gasteiger partial charge in [0.15, 0.2) is 0 Å². The number of nitrogens with one attached hydrogen (secondary N) is 1. The van der Waals surface area contributed by atoms with Crippen molar-refractivity contribution in [2.75, 3.05) is 19.7 Å². The molecule has 24 heavy (non-hydrogen) atoms. The summed E-state index contributed by atoms with van der Waals surface area (Å²) in [5.74, 6) is 0. The molecule has 0 aromatic carbocycles. The number of nitrogens with zero attached hydrogens (tertiary/aromatic N) is 3. The minimum atomic E-state index is -0.300. The average molecular weight is 336 g/mol. The molecule has 1 amide bonds. The lowest BCUT2D eigenvalue weighted by Crippen LogP contribution is -2.43. The predicted octanol–water partition coefficient (Wildman–Crippen LogP) is 3.26. The summed E-state index contributed by atoms with van der Waals surface area (Å²) in [5, 5.41) is 7.37. The summed E-state index contributed by atoms with van der Waals surface area (Å²) in [6, 6.07) is 0.674.